The summed E-state index contributed by atoms with van der Waals surface area (Å²) in [5, 5.41) is 28.5. The van der Waals surface area contributed by atoms with Gasteiger partial charge in [0.25, 0.3) is 0 Å². The van der Waals surface area contributed by atoms with Crippen molar-refractivity contribution in [3.63, 3.8) is 0 Å². The molecule has 2 fully saturated rings. The molecule has 54 heavy (non-hydrogen) atoms. The average Bonchev–Trinajstić information content (AvgIpc) is 4.17. The molecular weight excluding hydrogens is 673 g/mol. The molecule has 2 aromatic carbocycles. The molecule has 6 aliphatic rings. The molecule has 2 saturated carbocycles. The molecule has 7 nitrogen and oxygen atoms in total. The van der Waals surface area contributed by atoms with Crippen LogP contribution in [0, 0.1) is 34.5 Å². The number of benzene rings is 2. The maximum atomic E-state index is 16.6. The number of dihydropyridines is 2. The van der Waals surface area contributed by atoms with E-state index in [0.29, 0.717) is 35.1 Å². The minimum atomic E-state index is -1.39. The summed E-state index contributed by atoms with van der Waals surface area (Å²) in [7, 11) is 0. The third kappa shape index (κ3) is 6.54. The summed E-state index contributed by atoms with van der Waals surface area (Å²) in [5.74, 6) is -1.05. The number of Topliss-reactive ketones (excluding diaryl/α,β-unsaturated/α-hetero) is 3. The number of hydrogen-bond acceptors (Lipinski definition) is 7. The van der Waals surface area contributed by atoms with Crippen LogP contribution >= 0.6 is 0 Å². The van der Waals surface area contributed by atoms with Gasteiger partial charge in [0.2, 0.25) is 0 Å². The molecule has 276 valence electrons. The number of ketones is 3. The Bertz CT molecular complexity index is 1930. The monoisotopic (exact) mass is 720 g/mol. The van der Waals surface area contributed by atoms with Gasteiger partial charge in [-0.3, -0.25) is 14.4 Å². The van der Waals surface area contributed by atoms with Crippen molar-refractivity contribution in [3.8, 4) is 0 Å². The van der Waals surface area contributed by atoms with Crippen molar-refractivity contribution in [1.82, 2.24) is 10.6 Å². The van der Waals surface area contributed by atoms with E-state index in [1.807, 2.05) is 110 Å². The molecule has 2 heterocycles. The van der Waals surface area contributed by atoms with Crippen molar-refractivity contribution in [2.45, 2.75) is 51.4 Å². The summed E-state index contributed by atoms with van der Waals surface area (Å²) in [4.78, 5) is 45.8. The van der Waals surface area contributed by atoms with Crippen molar-refractivity contribution in [2.75, 3.05) is 13.2 Å². The Morgan fingerprint density at radius 1 is 0.611 bits per heavy atom. The Morgan fingerprint density at radius 3 is 1.35 bits per heavy atom. The van der Waals surface area contributed by atoms with E-state index in [-0.39, 0.29) is 55.2 Å². The maximum absolute atomic E-state index is 16.6. The normalized spacial score (nSPS) is 27.6. The van der Waals surface area contributed by atoms with Crippen LogP contribution in [-0.2, 0) is 4.79 Å². The molecule has 0 spiro atoms. The van der Waals surface area contributed by atoms with Gasteiger partial charge >= 0.3 is 0 Å². The van der Waals surface area contributed by atoms with Gasteiger partial charge in [-0.1, -0.05) is 97.1 Å². The predicted molar refractivity (Wildman–Crippen MR) is 210 cm³/mol. The lowest BCUT2D eigenvalue weighted by molar-refractivity contribution is -0.139. The highest BCUT2D eigenvalue weighted by atomic mass is 16.3. The first kappa shape index (κ1) is 35.9. The first-order valence-corrected chi connectivity index (χ1v) is 19.5. The van der Waals surface area contributed by atoms with E-state index in [9.17, 15) is 19.8 Å². The van der Waals surface area contributed by atoms with Gasteiger partial charge in [0.1, 0.15) is 0 Å². The van der Waals surface area contributed by atoms with Gasteiger partial charge in [-0.25, -0.2) is 0 Å². The molecule has 2 aliphatic heterocycles. The molecule has 0 saturated heterocycles. The van der Waals surface area contributed by atoms with E-state index in [1.54, 1.807) is 0 Å². The molecule has 0 bridgehead atoms. The fraction of sp³-hybridized carbons (Fsp3) is 0.340. The lowest BCUT2D eigenvalue weighted by Gasteiger charge is -2.50. The minimum absolute atomic E-state index is 0.0592. The van der Waals surface area contributed by atoms with Crippen LogP contribution in [0.1, 0.15) is 72.1 Å². The fourth-order valence-corrected chi connectivity index (χ4v) is 9.24. The standard InChI is InChI=1S/C47H48N2O5/c50-23-19-46(27-39(43(52)33-9-3-1-4-10-33)37(31-15-16-31)25-41(46)35-13-7-21-48-29-35)45(54)47(20-24-51)28-40(44(53)34-11-5-2-6-12-34)38(32-17-18-32)26-42(47)36-14-8-22-49-30-36/h1-12,21-22,25-32,41-42,48-51H,13-20,23-24H2. The van der Waals surface area contributed by atoms with Crippen LogP contribution in [-0.4, -0.2) is 40.8 Å². The number of rotatable bonds is 14. The molecular formula is C47H48N2O5. The number of carbonyl (C=O) groups excluding carboxylic acids is 3. The van der Waals surface area contributed by atoms with Crippen molar-refractivity contribution < 1.29 is 24.6 Å². The average molecular weight is 721 g/mol. The largest absolute Gasteiger partial charge is 0.396 e. The molecule has 0 radical (unpaired) electrons. The molecule has 4 N–H and O–H groups in total. The second-order valence-electron chi connectivity index (χ2n) is 15.6. The third-order valence-corrected chi connectivity index (χ3v) is 12.2. The zero-order valence-electron chi connectivity index (χ0n) is 30.5. The Morgan fingerprint density at radius 2 is 1.02 bits per heavy atom. The van der Waals surface area contributed by atoms with Crippen LogP contribution in [0.5, 0.6) is 0 Å². The summed E-state index contributed by atoms with van der Waals surface area (Å²) in [5.41, 5.74) is 3.19. The van der Waals surface area contributed by atoms with Crippen molar-refractivity contribution in [3.05, 3.63) is 166 Å². The van der Waals surface area contributed by atoms with Gasteiger partial charge in [0.05, 0.1) is 10.8 Å². The van der Waals surface area contributed by atoms with Crippen LogP contribution in [0.4, 0.5) is 0 Å². The van der Waals surface area contributed by atoms with Crippen LogP contribution in [0.15, 0.2) is 155 Å². The second-order valence-corrected chi connectivity index (χ2v) is 15.6. The van der Waals surface area contributed by atoms with Gasteiger partial charge in [-0.2, -0.15) is 0 Å². The van der Waals surface area contributed by atoms with Crippen LogP contribution in [0.25, 0.3) is 0 Å². The Balaban J connectivity index is 1.38. The summed E-state index contributed by atoms with van der Waals surface area (Å²) >= 11 is 0. The van der Waals surface area contributed by atoms with Crippen LogP contribution < -0.4 is 10.6 Å². The number of carbonyl (C=O) groups is 3. The van der Waals surface area contributed by atoms with Crippen molar-refractivity contribution in [2.24, 2.45) is 34.5 Å². The number of nitrogens with one attached hydrogen (secondary N) is 2. The molecule has 0 amide bonds. The highest BCUT2D eigenvalue weighted by Gasteiger charge is 2.58. The summed E-state index contributed by atoms with van der Waals surface area (Å²) in [6.45, 7) is -0.603. The van der Waals surface area contributed by atoms with E-state index in [2.05, 4.69) is 22.8 Å². The maximum Gasteiger partial charge on any atom is 0.193 e. The van der Waals surface area contributed by atoms with E-state index in [1.165, 1.54) is 0 Å². The van der Waals surface area contributed by atoms with E-state index >= 15 is 4.79 Å². The number of hydrogen-bond donors (Lipinski definition) is 4. The first-order valence-electron chi connectivity index (χ1n) is 19.5. The number of aliphatic hydroxyl groups is 2. The number of aliphatic hydroxyl groups excluding tert-OH is 2. The molecule has 2 aromatic rings. The molecule has 4 unspecified atom stereocenters. The van der Waals surface area contributed by atoms with E-state index in [0.717, 1.165) is 48.0 Å². The summed E-state index contributed by atoms with van der Waals surface area (Å²) < 4.78 is 0. The van der Waals surface area contributed by atoms with Crippen molar-refractivity contribution >= 4 is 17.3 Å². The zero-order valence-corrected chi connectivity index (χ0v) is 30.5. The fourth-order valence-electron chi connectivity index (χ4n) is 9.24. The second kappa shape index (κ2) is 15.0. The first-order chi connectivity index (χ1) is 26.4. The lowest BCUT2D eigenvalue weighted by atomic mass is 9.51. The third-order valence-electron chi connectivity index (χ3n) is 12.2. The summed E-state index contributed by atoms with van der Waals surface area (Å²) in [6.07, 6.45) is 25.0. The van der Waals surface area contributed by atoms with Crippen molar-refractivity contribution in [1.29, 1.82) is 0 Å². The Labute approximate surface area is 317 Å². The molecule has 4 atom stereocenters. The predicted octanol–water partition coefficient (Wildman–Crippen LogP) is 7.63. The Hall–Kier alpha value is -5.11. The number of allylic oxidation sites excluding steroid dienone is 12. The molecule has 8 rings (SSSR count). The van der Waals surface area contributed by atoms with Gasteiger partial charge in [0.15, 0.2) is 17.3 Å². The van der Waals surface area contributed by atoms with Crippen LogP contribution in [0.2, 0.25) is 0 Å². The van der Waals surface area contributed by atoms with Gasteiger partial charge in [-0.05, 0) is 97.9 Å². The zero-order chi connectivity index (χ0) is 37.3. The van der Waals surface area contributed by atoms with E-state index < -0.39 is 22.7 Å². The van der Waals surface area contributed by atoms with Crippen LogP contribution in [0.3, 0.4) is 0 Å². The topological polar surface area (TPSA) is 116 Å². The van der Waals surface area contributed by atoms with E-state index in [4.69, 9.17) is 0 Å². The van der Waals surface area contributed by atoms with Gasteiger partial charge < -0.3 is 20.8 Å². The quantitative estimate of drug-likeness (QED) is 0.149. The minimum Gasteiger partial charge on any atom is -0.396 e. The highest BCUT2D eigenvalue weighted by Crippen LogP contribution is 2.59. The SMILES string of the molecule is O=C(C1=CC(CCO)(C(=O)C2(CCO)C=C(C(=O)c3ccccc3)C(C3CC3)=CC2C2=CNC=CC2)C(C2=CNC=CC2)C=C1C1CC1)c1ccccc1. The van der Waals surface area contributed by atoms with Gasteiger partial charge in [0, 0.05) is 59.7 Å². The molecule has 4 aliphatic carbocycles. The molecule has 7 heteroatoms. The lowest BCUT2D eigenvalue weighted by Crippen LogP contribution is -2.53. The molecule has 0 aromatic heterocycles. The smallest absolute Gasteiger partial charge is 0.193 e. The summed E-state index contributed by atoms with van der Waals surface area (Å²) in [6, 6.07) is 18.4. The highest BCUT2D eigenvalue weighted by molar-refractivity contribution is 6.14. The Kier molecular flexibility index (Phi) is 9.95. The van der Waals surface area contributed by atoms with Gasteiger partial charge in [-0.15, -0.1) is 0 Å².